The van der Waals surface area contributed by atoms with Crippen molar-refractivity contribution in [3.8, 4) is 73.3 Å². The second-order valence-electron chi connectivity index (χ2n) is 26.4. The lowest BCUT2D eigenvalue weighted by molar-refractivity contribution is -0.0396. The Morgan fingerprint density at radius 1 is 0.325 bits per heavy atom. The highest BCUT2D eigenvalue weighted by Gasteiger charge is 2.42. The minimum atomic E-state index is -1.23. The van der Waals surface area contributed by atoms with Gasteiger partial charge in [-0.1, -0.05) is 97.1 Å². The summed E-state index contributed by atoms with van der Waals surface area (Å²) in [4.78, 5) is 174. The molecular formula is C88H59N7O19. The molecule has 0 unspecified atom stereocenters. The van der Waals surface area contributed by atoms with Crippen molar-refractivity contribution in [1.82, 2.24) is 15.0 Å². The Bertz CT molecular complexity index is 5870. The Morgan fingerprint density at radius 3 is 1.05 bits per heavy atom. The first-order valence-electron chi connectivity index (χ1n) is 35.1. The van der Waals surface area contributed by atoms with E-state index in [-0.39, 0.29) is 104 Å². The number of amides is 8. The van der Waals surface area contributed by atoms with E-state index in [9.17, 15) is 72.9 Å². The van der Waals surface area contributed by atoms with E-state index in [1.807, 2.05) is 60.7 Å². The van der Waals surface area contributed by atoms with E-state index in [2.05, 4.69) is 0 Å². The number of Topliss-reactive ketones (excluding diaryl/α,β-unsaturated/α-hetero) is 1. The SMILES string of the molecule is COCCOc1cc(-c2cc(-c3cccc(N4C(=O)c5ccc(C(C)=O)cc5C4=O)c3)nc(-c3cccc(N4C(=O)c5ccc(C(=O)O)cc5C4=O)c3)c2)ccc1COCOC.O=C(O)c1ccc2c(c1)C(=O)N(c1cccc(-c3cc(-c4cccc(N5C(=O)c6ccc(C(=O)O)cc6C5=O)c4)nc(-c4ccccc4)n3)c1)C2=O. The van der Waals surface area contributed by atoms with Crippen molar-refractivity contribution < 1.29 is 91.8 Å². The Kier molecular flexibility index (Phi) is 20.0. The van der Waals surface area contributed by atoms with Gasteiger partial charge in [0.15, 0.2) is 11.6 Å². The molecule has 10 aromatic carbocycles. The molecule has 4 aliphatic rings. The third kappa shape index (κ3) is 14.0. The maximum absolute atomic E-state index is 13.7. The molecule has 0 saturated carbocycles. The van der Waals surface area contributed by atoms with E-state index in [1.54, 1.807) is 110 Å². The summed E-state index contributed by atoms with van der Waals surface area (Å²) in [6, 6.07) is 62.9. The van der Waals surface area contributed by atoms with Crippen LogP contribution in [0.1, 0.15) is 137 Å². The number of benzene rings is 10. The van der Waals surface area contributed by atoms with Gasteiger partial charge < -0.3 is 34.3 Å². The second-order valence-corrected chi connectivity index (χ2v) is 26.4. The zero-order chi connectivity index (χ0) is 79.9. The fraction of sp³-hybridized carbons (Fsp3) is 0.0795. The van der Waals surface area contributed by atoms with Crippen LogP contribution in [0.2, 0.25) is 0 Å². The zero-order valence-electron chi connectivity index (χ0n) is 60.3. The molecule has 560 valence electrons. The maximum Gasteiger partial charge on any atom is 0.335 e. The molecule has 12 aromatic rings. The lowest BCUT2D eigenvalue weighted by Gasteiger charge is -2.17. The van der Waals surface area contributed by atoms with Crippen LogP contribution in [0.15, 0.2) is 237 Å². The number of ether oxygens (including phenoxy) is 4. The van der Waals surface area contributed by atoms with Gasteiger partial charge in [0.1, 0.15) is 19.1 Å². The maximum atomic E-state index is 13.7. The molecule has 0 atom stereocenters. The lowest BCUT2D eigenvalue weighted by atomic mass is 9.98. The number of rotatable bonds is 22. The second kappa shape index (κ2) is 30.7. The number of carbonyl (C=O) groups excluding carboxylic acids is 9. The first-order valence-corrected chi connectivity index (χ1v) is 35.1. The number of carboxylic acids is 3. The summed E-state index contributed by atoms with van der Waals surface area (Å²) in [5.74, 6) is -7.84. The Labute approximate surface area is 646 Å². The van der Waals surface area contributed by atoms with E-state index in [0.29, 0.717) is 85.6 Å². The molecule has 4 aliphatic heterocycles. The van der Waals surface area contributed by atoms with Gasteiger partial charge in [-0.2, -0.15) is 0 Å². The normalized spacial score (nSPS) is 13.3. The van der Waals surface area contributed by atoms with E-state index >= 15 is 0 Å². The first-order chi connectivity index (χ1) is 55.0. The number of aromatic nitrogens is 3. The van der Waals surface area contributed by atoms with Crippen LogP contribution in [0.4, 0.5) is 22.7 Å². The van der Waals surface area contributed by atoms with Gasteiger partial charge in [-0.25, -0.2) is 48.9 Å². The summed E-state index contributed by atoms with van der Waals surface area (Å²) >= 11 is 0. The van der Waals surface area contributed by atoms with E-state index in [0.717, 1.165) is 30.7 Å². The molecule has 0 fully saturated rings. The van der Waals surface area contributed by atoms with Crippen LogP contribution >= 0.6 is 0 Å². The highest BCUT2D eigenvalue weighted by molar-refractivity contribution is 6.37. The smallest absolute Gasteiger partial charge is 0.335 e. The fourth-order valence-corrected chi connectivity index (χ4v) is 13.6. The molecule has 26 nitrogen and oxygen atoms in total. The minimum Gasteiger partial charge on any atom is -0.491 e. The summed E-state index contributed by atoms with van der Waals surface area (Å²) in [7, 11) is 3.11. The summed E-state index contributed by atoms with van der Waals surface area (Å²) in [5.41, 5.74) is 8.39. The van der Waals surface area contributed by atoms with E-state index in [1.165, 1.54) is 86.8 Å². The molecule has 8 amide bonds. The van der Waals surface area contributed by atoms with Gasteiger partial charge in [-0.05, 0) is 158 Å². The largest absolute Gasteiger partial charge is 0.491 e. The number of imide groups is 4. The van der Waals surface area contributed by atoms with Crippen molar-refractivity contribution in [3.05, 3.63) is 309 Å². The number of nitrogens with zero attached hydrogens (tertiary/aromatic N) is 7. The van der Waals surface area contributed by atoms with Crippen LogP contribution in [0.25, 0.3) is 67.5 Å². The molecule has 0 aliphatic carbocycles. The third-order valence-electron chi connectivity index (χ3n) is 19.3. The summed E-state index contributed by atoms with van der Waals surface area (Å²) in [5, 5.41) is 28.3. The number of carbonyl (C=O) groups is 12. The summed E-state index contributed by atoms with van der Waals surface area (Å²) in [6.07, 6.45) is 0. The van der Waals surface area contributed by atoms with Gasteiger partial charge in [-0.15, -0.1) is 0 Å². The molecule has 3 N–H and O–H groups in total. The number of carboxylic acid groups (broad SMARTS) is 3. The van der Waals surface area contributed by atoms with Crippen molar-refractivity contribution in [1.29, 1.82) is 0 Å². The monoisotopic (exact) mass is 1520 g/mol. The average Bonchev–Trinajstić information content (AvgIpc) is 1.62. The zero-order valence-corrected chi connectivity index (χ0v) is 60.3. The lowest BCUT2D eigenvalue weighted by Crippen LogP contribution is -2.29. The Morgan fingerprint density at radius 2 is 0.684 bits per heavy atom. The first kappa shape index (κ1) is 74.2. The highest BCUT2D eigenvalue weighted by Crippen LogP contribution is 2.41. The number of hydrogen-bond acceptors (Lipinski definition) is 19. The van der Waals surface area contributed by atoms with Crippen molar-refractivity contribution in [2.75, 3.05) is 53.8 Å². The van der Waals surface area contributed by atoms with Gasteiger partial charge in [0.05, 0.1) is 120 Å². The van der Waals surface area contributed by atoms with Crippen LogP contribution < -0.4 is 24.3 Å². The topological polar surface area (TPSA) is 354 Å². The average molecular weight is 1520 g/mol. The number of anilines is 4. The molecule has 0 bridgehead atoms. The van der Waals surface area contributed by atoms with Crippen LogP contribution in [0.5, 0.6) is 5.75 Å². The van der Waals surface area contributed by atoms with Gasteiger partial charge in [0, 0.05) is 53.2 Å². The molecule has 0 radical (unpaired) electrons. The molecule has 16 rings (SSSR count). The van der Waals surface area contributed by atoms with Crippen LogP contribution in [-0.2, 0) is 20.8 Å². The van der Waals surface area contributed by atoms with Crippen LogP contribution in [0, 0.1) is 0 Å². The molecule has 6 heterocycles. The van der Waals surface area contributed by atoms with E-state index in [4.69, 9.17) is 33.9 Å². The van der Waals surface area contributed by atoms with Crippen LogP contribution in [0.3, 0.4) is 0 Å². The molecule has 26 heteroatoms. The third-order valence-corrected chi connectivity index (χ3v) is 19.3. The predicted molar refractivity (Wildman–Crippen MR) is 414 cm³/mol. The number of pyridine rings is 1. The summed E-state index contributed by atoms with van der Waals surface area (Å²) < 4.78 is 22.1. The molecular weight excluding hydrogens is 1460 g/mol. The molecule has 0 saturated heterocycles. The number of fused-ring (bicyclic) bond motifs is 4. The Balaban J connectivity index is 0.000000182. The number of aromatic carboxylic acids is 3. The predicted octanol–water partition coefficient (Wildman–Crippen LogP) is 14.2. The quantitative estimate of drug-likeness (QED) is 0.0245. The van der Waals surface area contributed by atoms with E-state index < -0.39 is 65.2 Å². The van der Waals surface area contributed by atoms with Gasteiger partial charge in [-0.3, -0.25) is 43.2 Å². The molecule has 0 spiro atoms. The minimum absolute atomic E-state index is 0.00809. The van der Waals surface area contributed by atoms with Gasteiger partial charge in [0.25, 0.3) is 47.3 Å². The standard InChI is InChI=1S/C48H37N3O11.C40H22N4O8/c1-27(52)28-12-14-37-39(20-28)46(55)50(44(37)53)35-8-4-6-30(18-35)41-22-34(29-10-11-33(25-61-26-60-3)43(24-29)62-17-16-59-2)23-42(49-41)31-7-5-9-36(19-31)51-45(54)38-15-13-32(48(57)58)21-40(38)47(51)56;45-35-28-14-12-24(39(49)50)18-30(28)37(47)43(35)26-10-4-8-22(16-26)32-20-33(42-34(41-32)21-6-2-1-3-7-21)23-9-5-11-27(17-23)44-36(46)29-15-13-25(40(51)52)19-31(29)38(44)48/h4-15,18-24H,16-17,25-26H2,1-3H3,(H,57,58);1-20H,(H,49,50)(H,51,52). The molecule has 2 aromatic heterocycles. The van der Waals surface area contributed by atoms with Gasteiger partial charge >= 0.3 is 17.9 Å². The molecule has 114 heavy (non-hydrogen) atoms. The van der Waals surface area contributed by atoms with Crippen molar-refractivity contribution in [3.63, 3.8) is 0 Å². The fourth-order valence-electron chi connectivity index (χ4n) is 13.6. The van der Waals surface area contributed by atoms with Crippen molar-refractivity contribution in [2.45, 2.75) is 13.5 Å². The number of methoxy groups -OCH3 is 2. The van der Waals surface area contributed by atoms with Gasteiger partial charge in [0.2, 0.25) is 0 Å². The van der Waals surface area contributed by atoms with Crippen molar-refractivity contribution in [2.24, 2.45) is 0 Å². The Hall–Kier alpha value is -15.3. The highest BCUT2D eigenvalue weighted by atomic mass is 16.7. The number of ketones is 1. The van der Waals surface area contributed by atoms with Crippen LogP contribution in [-0.4, -0.2) is 135 Å². The number of hydrogen-bond donors (Lipinski definition) is 3. The van der Waals surface area contributed by atoms with Crippen molar-refractivity contribution >= 4 is 93.7 Å². The summed E-state index contributed by atoms with van der Waals surface area (Å²) in [6.45, 7) is 2.30.